The molecule has 1 aromatic carbocycles. The van der Waals surface area contributed by atoms with E-state index in [0.717, 1.165) is 30.9 Å². The number of benzene rings is 1. The number of anilines is 2. The molecule has 2 aromatic heterocycles. The summed E-state index contributed by atoms with van der Waals surface area (Å²) in [5.41, 5.74) is 2.80. The first-order valence-electron chi connectivity index (χ1n) is 10.2. The van der Waals surface area contributed by atoms with Gasteiger partial charge in [0.05, 0.1) is 24.2 Å². The zero-order valence-corrected chi connectivity index (χ0v) is 17.5. The number of hydrogen-bond donors (Lipinski definition) is 2. The Morgan fingerprint density at radius 2 is 2.00 bits per heavy atom. The van der Waals surface area contributed by atoms with Gasteiger partial charge in [0, 0.05) is 24.8 Å². The van der Waals surface area contributed by atoms with E-state index in [1.807, 2.05) is 38.4 Å². The number of rotatable bonds is 6. The Kier molecular flexibility index (Phi) is 6.06. The molecule has 30 heavy (non-hydrogen) atoms. The van der Waals surface area contributed by atoms with E-state index in [9.17, 15) is 4.39 Å². The fourth-order valence-corrected chi connectivity index (χ4v) is 3.71. The fourth-order valence-electron chi connectivity index (χ4n) is 3.71. The summed E-state index contributed by atoms with van der Waals surface area (Å²) in [6, 6.07) is 8.02. The molecule has 0 radical (unpaired) electrons. The van der Waals surface area contributed by atoms with Crippen LogP contribution in [-0.2, 0) is 11.3 Å². The number of H-pyrrole nitrogens is 1. The van der Waals surface area contributed by atoms with Gasteiger partial charge >= 0.3 is 0 Å². The number of hydrogen-bond acceptors (Lipinski definition) is 6. The number of nitrogens with zero attached hydrogens (tertiary/aromatic N) is 4. The van der Waals surface area contributed by atoms with Crippen molar-refractivity contribution in [1.82, 2.24) is 24.8 Å². The number of halogens is 1. The van der Waals surface area contributed by atoms with Gasteiger partial charge in [0.2, 0.25) is 5.95 Å². The SMILES string of the molecule is CC1CC(c2ncc(-c3nc(Nc4ccc(CN(C)C)cc4)ncc3F)[nH]2)CCO1. The first-order valence-corrected chi connectivity index (χ1v) is 10.2. The highest BCUT2D eigenvalue weighted by molar-refractivity contribution is 5.59. The van der Waals surface area contributed by atoms with Crippen LogP contribution in [0.25, 0.3) is 11.4 Å². The van der Waals surface area contributed by atoms with Crippen molar-refractivity contribution in [2.45, 2.75) is 38.3 Å². The second-order valence-corrected chi connectivity index (χ2v) is 8.03. The van der Waals surface area contributed by atoms with Gasteiger partial charge in [-0.3, -0.25) is 0 Å². The van der Waals surface area contributed by atoms with Gasteiger partial charge in [0.25, 0.3) is 0 Å². The molecule has 1 aliphatic heterocycles. The third kappa shape index (κ3) is 4.83. The van der Waals surface area contributed by atoms with Crippen LogP contribution in [0, 0.1) is 5.82 Å². The summed E-state index contributed by atoms with van der Waals surface area (Å²) in [6.07, 6.45) is 4.83. The fraction of sp³-hybridized carbons (Fsp3) is 0.409. The number of aromatic nitrogens is 4. The topological polar surface area (TPSA) is 79.0 Å². The van der Waals surface area contributed by atoms with E-state index in [0.29, 0.717) is 18.2 Å². The first kappa shape index (κ1) is 20.4. The molecule has 1 aliphatic rings. The molecule has 0 amide bonds. The molecule has 1 fully saturated rings. The van der Waals surface area contributed by atoms with Gasteiger partial charge in [-0.25, -0.2) is 19.3 Å². The van der Waals surface area contributed by atoms with Crippen LogP contribution in [0.15, 0.2) is 36.7 Å². The highest BCUT2D eigenvalue weighted by Gasteiger charge is 2.24. The lowest BCUT2D eigenvalue weighted by molar-refractivity contribution is 0.0174. The highest BCUT2D eigenvalue weighted by atomic mass is 19.1. The molecular formula is C22H27FN6O. The molecule has 2 N–H and O–H groups in total. The molecule has 1 saturated heterocycles. The van der Waals surface area contributed by atoms with Crippen LogP contribution in [0.5, 0.6) is 0 Å². The van der Waals surface area contributed by atoms with Crippen LogP contribution in [0.3, 0.4) is 0 Å². The standard InChI is InChI=1S/C22H27FN6O/c1-14-10-16(8-9-30-14)21-24-12-19(27-21)20-18(23)11-25-22(28-20)26-17-6-4-15(5-7-17)13-29(2)3/h4-7,11-12,14,16H,8-10,13H2,1-3H3,(H,24,27)(H,25,26,28). The summed E-state index contributed by atoms with van der Waals surface area (Å²) in [7, 11) is 4.06. The highest BCUT2D eigenvalue weighted by Crippen LogP contribution is 2.30. The van der Waals surface area contributed by atoms with Gasteiger partial charge in [-0.05, 0) is 51.6 Å². The Morgan fingerprint density at radius 3 is 2.73 bits per heavy atom. The average Bonchev–Trinajstić information content (AvgIpc) is 3.21. The molecular weight excluding hydrogens is 383 g/mol. The maximum atomic E-state index is 14.5. The predicted octanol–water partition coefficient (Wildman–Crippen LogP) is 4.09. The van der Waals surface area contributed by atoms with E-state index < -0.39 is 5.82 Å². The Hall–Kier alpha value is -2.84. The molecule has 8 heteroatoms. The first-order chi connectivity index (χ1) is 14.5. The third-order valence-electron chi connectivity index (χ3n) is 5.18. The van der Waals surface area contributed by atoms with Crippen LogP contribution in [0.2, 0.25) is 0 Å². The molecule has 2 atom stereocenters. The van der Waals surface area contributed by atoms with E-state index in [1.165, 1.54) is 11.8 Å². The van der Waals surface area contributed by atoms with Crippen LogP contribution < -0.4 is 5.32 Å². The summed E-state index contributed by atoms with van der Waals surface area (Å²) >= 11 is 0. The van der Waals surface area contributed by atoms with Crippen LogP contribution in [0.4, 0.5) is 16.0 Å². The quantitative estimate of drug-likeness (QED) is 0.637. The van der Waals surface area contributed by atoms with Crippen LogP contribution in [-0.4, -0.2) is 51.6 Å². The Bertz CT molecular complexity index is 988. The molecule has 0 aliphatic carbocycles. The second-order valence-electron chi connectivity index (χ2n) is 8.03. The minimum absolute atomic E-state index is 0.202. The summed E-state index contributed by atoms with van der Waals surface area (Å²) in [5.74, 6) is 0.981. The summed E-state index contributed by atoms with van der Waals surface area (Å²) in [6.45, 7) is 3.64. The Balaban J connectivity index is 1.51. The van der Waals surface area contributed by atoms with E-state index in [1.54, 1.807) is 6.20 Å². The Labute approximate surface area is 175 Å². The second kappa shape index (κ2) is 8.89. The smallest absolute Gasteiger partial charge is 0.227 e. The van der Waals surface area contributed by atoms with Crippen molar-refractivity contribution in [2.24, 2.45) is 0 Å². The van der Waals surface area contributed by atoms with Gasteiger partial charge in [0.15, 0.2) is 5.82 Å². The maximum absolute atomic E-state index is 14.5. The Morgan fingerprint density at radius 1 is 1.20 bits per heavy atom. The summed E-state index contributed by atoms with van der Waals surface area (Å²) < 4.78 is 20.1. The van der Waals surface area contributed by atoms with Gasteiger partial charge in [-0.2, -0.15) is 0 Å². The maximum Gasteiger partial charge on any atom is 0.227 e. The van der Waals surface area contributed by atoms with Gasteiger partial charge in [-0.1, -0.05) is 12.1 Å². The zero-order chi connectivity index (χ0) is 21.1. The van der Waals surface area contributed by atoms with E-state index in [2.05, 4.69) is 37.1 Å². The largest absolute Gasteiger partial charge is 0.378 e. The zero-order valence-electron chi connectivity index (χ0n) is 17.5. The lowest BCUT2D eigenvalue weighted by Crippen LogP contribution is -2.22. The monoisotopic (exact) mass is 410 g/mol. The van der Waals surface area contributed by atoms with Crippen molar-refractivity contribution in [3.63, 3.8) is 0 Å². The molecule has 0 saturated carbocycles. The van der Waals surface area contributed by atoms with E-state index >= 15 is 0 Å². The number of aromatic amines is 1. The molecule has 2 unspecified atom stereocenters. The minimum atomic E-state index is -0.488. The van der Waals surface area contributed by atoms with Crippen molar-refractivity contribution in [1.29, 1.82) is 0 Å². The van der Waals surface area contributed by atoms with Gasteiger partial charge in [0.1, 0.15) is 11.5 Å². The average molecular weight is 410 g/mol. The molecule has 0 spiro atoms. The number of nitrogens with one attached hydrogen (secondary N) is 2. The van der Waals surface area contributed by atoms with Crippen LogP contribution >= 0.6 is 0 Å². The van der Waals surface area contributed by atoms with Crippen molar-refractivity contribution < 1.29 is 9.13 Å². The van der Waals surface area contributed by atoms with Crippen molar-refractivity contribution in [3.05, 3.63) is 53.9 Å². The number of imidazole rings is 1. The molecule has 4 rings (SSSR count). The van der Waals surface area contributed by atoms with Crippen molar-refractivity contribution in [3.8, 4) is 11.4 Å². The van der Waals surface area contributed by atoms with E-state index in [-0.39, 0.29) is 17.7 Å². The lowest BCUT2D eigenvalue weighted by atomic mass is 9.96. The molecule has 7 nitrogen and oxygen atoms in total. The van der Waals surface area contributed by atoms with Gasteiger partial charge in [-0.15, -0.1) is 0 Å². The van der Waals surface area contributed by atoms with Crippen molar-refractivity contribution >= 4 is 11.6 Å². The number of ether oxygens (including phenoxy) is 1. The summed E-state index contributed by atoms with van der Waals surface area (Å²) in [5, 5.41) is 3.14. The van der Waals surface area contributed by atoms with Crippen molar-refractivity contribution in [2.75, 3.05) is 26.0 Å². The summed E-state index contributed by atoms with van der Waals surface area (Å²) in [4.78, 5) is 18.3. The molecule has 158 valence electrons. The molecule has 3 heterocycles. The third-order valence-corrected chi connectivity index (χ3v) is 5.18. The predicted molar refractivity (Wildman–Crippen MR) is 114 cm³/mol. The van der Waals surface area contributed by atoms with E-state index in [4.69, 9.17) is 4.74 Å². The normalized spacial score (nSPS) is 19.2. The van der Waals surface area contributed by atoms with Gasteiger partial charge < -0.3 is 19.9 Å². The van der Waals surface area contributed by atoms with Crippen LogP contribution in [0.1, 0.15) is 37.1 Å². The molecule has 3 aromatic rings. The minimum Gasteiger partial charge on any atom is -0.378 e. The lowest BCUT2D eigenvalue weighted by Gasteiger charge is -2.25. The molecule has 0 bridgehead atoms.